The van der Waals surface area contributed by atoms with Crippen molar-refractivity contribution in [1.82, 2.24) is 4.90 Å². The Morgan fingerprint density at radius 3 is 2.87 bits per heavy atom. The molecule has 3 N–H and O–H groups in total. The molecule has 0 aromatic carbocycles. The van der Waals surface area contributed by atoms with Crippen LogP contribution >= 0.6 is 27.3 Å². The number of nitrogens with zero attached hydrogens (tertiary/aromatic N) is 1. The number of amidine groups is 1. The Labute approximate surface area is 103 Å². The molecule has 1 rings (SSSR count). The second-order valence-corrected chi connectivity index (χ2v) is 5.64. The van der Waals surface area contributed by atoms with Gasteiger partial charge in [-0.25, -0.2) is 0 Å². The summed E-state index contributed by atoms with van der Waals surface area (Å²) in [6.45, 7) is 2.99. The van der Waals surface area contributed by atoms with Gasteiger partial charge in [-0.15, -0.1) is 11.3 Å². The Morgan fingerprint density at radius 1 is 1.73 bits per heavy atom. The van der Waals surface area contributed by atoms with Crippen LogP contribution in [0.5, 0.6) is 0 Å². The normalized spacial score (nSPS) is 13.1. The minimum Gasteiger partial charge on any atom is -0.388 e. The molecule has 0 amide bonds. The molecule has 1 atom stereocenters. The van der Waals surface area contributed by atoms with E-state index in [4.69, 9.17) is 11.1 Å². The molecule has 1 heterocycles. The second-order valence-electron chi connectivity index (χ2n) is 3.72. The number of hydrogen-bond acceptors (Lipinski definition) is 3. The molecule has 84 valence electrons. The number of hydrogen-bond donors (Lipinski definition) is 2. The lowest BCUT2D eigenvalue weighted by molar-refractivity contribution is 0.256. The number of thiophene rings is 1. The zero-order chi connectivity index (χ0) is 11.4. The molecule has 5 heteroatoms. The average molecular weight is 290 g/mol. The summed E-state index contributed by atoms with van der Waals surface area (Å²) in [5.41, 5.74) is 5.38. The van der Waals surface area contributed by atoms with E-state index >= 15 is 0 Å². The van der Waals surface area contributed by atoms with Crippen molar-refractivity contribution >= 4 is 33.1 Å². The molecule has 0 aliphatic rings. The number of halogens is 1. The maximum absolute atomic E-state index is 7.25. The average Bonchev–Trinajstić information content (AvgIpc) is 2.50. The van der Waals surface area contributed by atoms with Crippen LogP contribution < -0.4 is 5.73 Å². The molecule has 1 unspecified atom stereocenters. The van der Waals surface area contributed by atoms with Crippen LogP contribution in [-0.2, 0) is 6.54 Å². The first-order valence-corrected chi connectivity index (χ1v) is 6.42. The molecule has 0 radical (unpaired) electrons. The van der Waals surface area contributed by atoms with Gasteiger partial charge in [-0.3, -0.25) is 10.3 Å². The highest BCUT2D eigenvalue weighted by Crippen LogP contribution is 2.21. The topological polar surface area (TPSA) is 53.1 Å². The minimum atomic E-state index is 0.252. The predicted octanol–water partition coefficient (Wildman–Crippen LogP) is 2.66. The first-order chi connectivity index (χ1) is 6.99. The van der Waals surface area contributed by atoms with Crippen LogP contribution in [-0.4, -0.2) is 23.8 Å². The lowest BCUT2D eigenvalue weighted by Gasteiger charge is -2.23. The molecular formula is C10H16BrN3S. The van der Waals surface area contributed by atoms with Gasteiger partial charge in [0.2, 0.25) is 0 Å². The van der Waals surface area contributed by atoms with E-state index in [-0.39, 0.29) is 5.84 Å². The first-order valence-electron chi connectivity index (χ1n) is 4.75. The lowest BCUT2D eigenvalue weighted by atomic mass is 10.2. The van der Waals surface area contributed by atoms with Crippen LogP contribution in [0.3, 0.4) is 0 Å². The van der Waals surface area contributed by atoms with E-state index in [9.17, 15) is 0 Å². The summed E-state index contributed by atoms with van der Waals surface area (Å²) in [6, 6.07) is 2.44. The molecule has 0 aliphatic heterocycles. The van der Waals surface area contributed by atoms with E-state index < -0.39 is 0 Å². The highest BCUT2D eigenvalue weighted by atomic mass is 79.9. The number of nitrogens with two attached hydrogens (primary N) is 1. The third-order valence-corrected chi connectivity index (χ3v) is 3.98. The Kier molecular flexibility index (Phi) is 4.76. The van der Waals surface area contributed by atoms with Gasteiger partial charge in [0.1, 0.15) is 0 Å². The Bertz CT molecular complexity index is 337. The molecule has 3 nitrogen and oxygen atoms in total. The summed E-state index contributed by atoms with van der Waals surface area (Å²) in [7, 11) is 2.06. The van der Waals surface area contributed by atoms with Crippen molar-refractivity contribution in [2.75, 3.05) is 7.05 Å². The van der Waals surface area contributed by atoms with Gasteiger partial charge in [0.15, 0.2) is 0 Å². The van der Waals surface area contributed by atoms with Gasteiger partial charge in [-0.2, -0.15) is 0 Å². The first kappa shape index (κ1) is 12.7. The highest BCUT2D eigenvalue weighted by molar-refractivity contribution is 9.10. The molecule has 0 bridgehead atoms. The molecular weight excluding hydrogens is 274 g/mol. The van der Waals surface area contributed by atoms with Crippen LogP contribution in [0, 0.1) is 5.41 Å². The predicted molar refractivity (Wildman–Crippen MR) is 69.5 cm³/mol. The van der Waals surface area contributed by atoms with E-state index in [2.05, 4.69) is 46.2 Å². The van der Waals surface area contributed by atoms with Crippen molar-refractivity contribution in [1.29, 1.82) is 5.41 Å². The summed E-state index contributed by atoms with van der Waals surface area (Å²) >= 11 is 5.18. The van der Waals surface area contributed by atoms with Gasteiger partial charge in [0.25, 0.3) is 0 Å². The molecule has 0 aliphatic carbocycles. The van der Waals surface area contributed by atoms with Gasteiger partial charge >= 0.3 is 0 Å². The van der Waals surface area contributed by atoms with E-state index in [1.807, 2.05) is 0 Å². The Morgan fingerprint density at radius 2 is 2.40 bits per heavy atom. The van der Waals surface area contributed by atoms with Crippen molar-refractivity contribution in [2.24, 2.45) is 5.73 Å². The monoisotopic (exact) mass is 289 g/mol. The number of nitrogens with one attached hydrogen (secondary N) is 1. The second kappa shape index (κ2) is 5.63. The van der Waals surface area contributed by atoms with Crippen LogP contribution in [0.25, 0.3) is 0 Å². The quantitative estimate of drug-likeness (QED) is 0.647. The fraction of sp³-hybridized carbons (Fsp3) is 0.500. The summed E-state index contributed by atoms with van der Waals surface area (Å²) in [5.74, 6) is 0.252. The SMILES string of the molecule is CC(CC(=N)N)N(C)Cc1cc(Br)cs1. The largest absolute Gasteiger partial charge is 0.388 e. The molecule has 0 fully saturated rings. The van der Waals surface area contributed by atoms with Gasteiger partial charge in [-0.05, 0) is 36.0 Å². The van der Waals surface area contributed by atoms with Crippen LogP contribution in [0.1, 0.15) is 18.2 Å². The fourth-order valence-corrected chi connectivity index (χ4v) is 2.83. The van der Waals surface area contributed by atoms with E-state index in [0.717, 1.165) is 11.0 Å². The maximum Gasteiger partial charge on any atom is 0.0920 e. The molecule has 15 heavy (non-hydrogen) atoms. The van der Waals surface area contributed by atoms with Crippen molar-refractivity contribution < 1.29 is 0 Å². The van der Waals surface area contributed by atoms with Crippen LogP contribution in [0.4, 0.5) is 0 Å². The molecule has 0 spiro atoms. The summed E-state index contributed by atoms with van der Waals surface area (Å²) in [6.07, 6.45) is 0.628. The number of rotatable bonds is 5. The fourth-order valence-electron chi connectivity index (χ4n) is 1.31. The van der Waals surface area contributed by atoms with Gasteiger partial charge < -0.3 is 5.73 Å². The summed E-state index contributed by atoms with van der Waals surface area (Å²) in [4.78, 5) is 3.53. The van der Waals surface area contributed by atoms with E-state index in [1.54, 1.807) is 11.3 Å². The molecule has 0 saturated carbocycles. The Balaban J connectivity index is 2.47. The zero-order valence-electron chi connectivity index (χ0n) is 8.96. The maximum atomic E-state index is 7.25. The third-order valence-electron chi connectivity index (χ3n) is 2.29. The van der Waals surface area contributed by atoms with Gasteiger partial charge in [0, 0.05) is 33.7 Å². The highest BCUT2D eigenvalue weighted by Gasteiger charge is 2.11. The van der Waals surface area contributed by atoms with Crippen LogP contribution in [0.15, 0.2) is 15.9 Å². The molecule has 0 saturated heterocycles. The standard InChI is InChI=1S/C10H16BrN3S/c1-7(3-10(12)13)14(2)5-9-4-8(11)6-15-9/h4,6-7H,3,5H2,1-2H3,(H3,12,13). The third kappa shape index (κ3) is 4.32. The summed E-state index contributed by atoms with van der Waals surface area (Å²) in [5, 5.41) is 9.33. The molecule has 1 aromatic rings. The minimum absolute atomic E-state index is 0.252. The van der Waals surface area contributed by atoms with E-state index in [1.165, 1.54) is 4.88 Å². The summed E-state index contributed by atoms with van der Waals surface area (Å²) < 4.78 is 1.13. The zero-order valence-corrected chi connectivity index (χ0v) is 11.4. The van der Waals surface area contributed by atoms with Crippen molar-refractivity contribution in [3.8, 4) is 0 Å². The van der Waals surface area contributed by atoms with Crippen LogP contribution in [0.2, 0.25) is 0 Å². The lowest BCUT2D eigenvalue weighted by Crippen LogP contribution is -2.32. The Hall–Kier alpha value is -0.390. The van der Waals surface area contributed by atoms with Crippen molar-refractivity contribution in [3.05, 3.63) is 20.8 Å². The smallest absolute Gasteiger partial charge is 0.0920 e. The van der Waals surface area contributed by atoms with Gasteiger partial charge in [-0.1, -0.05) is 0 Å². The van der Waals surface area contributed by atoms with Gasteiger partial charge in [0.05, 0.1) is 5.84 Å². The molecule has 1 aromatic heterocycles. The van der Waals surface area contributed by atoms with E-state index in [0.29, 0.717) is 12.5 Å². The van der Waals surface area contributed by atoms with Crippen molar-refractivity contribution in [3.63, 3.8) is 0 Å². The van der Waals surface area contributed by atoms with Crippen molar-refractivity contribution in [2.45, 2.75) is 25.9 Å².